The van der Waals surface area contributed by atoms with Gasteiger partial charge in [-0.25, -0.2) is 0 Å². The molecule has 0 spiro atoms. The molecule has 0 N–H and O–H groups in total. The second-order valence-electron chi connectivity index (χ2n) is 4.43. The van der Waals surface area contributed by atoms with Gasteiger partial charge in [-0.3, -0.25) is 4.98 Å². The lowest BCUT2D eigenvalue weighted by atomic mass is 9.77. The minimum Gasteiger partial charge on any atom is -0.303 e. The fourth-order valence-corrected chi connectivity index (χ4v) is 2.60. The molecule has 0 bridgehead atoms. The number of aromatic nitrogens is 1. The van der Waals surface area contributed by atoms with E-state index < -0.39 is 0 Å². The normalized spacial score (nSPS) is 13.9. The summed E-state index contributed by atoms with van der Waals surface area (Å²) in [5.74, 6) is 0. The van der Waals surface area contributed by atoms with Crippen molar-refractivity contribution in [3.63, 3.8) is 0 Å². The maximum atomic E-state index is 11.0. The van der Waals surface area contributed by atoms with Crippen LogP contribution in [-0.4, -0.2) is 11.3 Å². The van der Waals surface area contributed by atoms with Gasteiger partial charge in [0.05, 0.1) is 5.69 Å². The van der Waals surface area contributed by atoms with Gasteiger partial charge in [-0.05, 0) is 59.3 Å². The van der Waals surface area contributed by atoms with Crippen LogP contribution in [-0.2, 0) is 10.2 Å². The lowest BCUT2D eigenvalue weighted by Crippen LogP contribution is -2.25. The topological polar surface area (TPSA) is 30.0 Å². The van der Waals surface area contributed by atoms with Crippen LogP contribution < -0.4 is 0 Å². The minimum atomic E-state index is -0.357. The van der Waals surface area contributed by atoms with Crippen molar-refractivity contribution >= 4 is 28.9 Å². The zero-order valence-electron chi connectivity index (χ0n) is 10.1. The monoisotopic (exact) mass is 351 g/mol. The van der Waals surface area contributed by atoms with E-state index in [-0.39, 0.29) is 5.41 Å². The first-order chi connectivity index (χ1) is 8.66. The van der Waals surface area contributed by atoms with Crippen LogP contribution in [0.3, 0.4) is 0 Å². The van der Waals surface area contributed by atoms with Gasteiger partial charge < -0.3 is 4.79 Å². The zero-order chi connectivity index (χ0) is 13.0. The van der Waals surface area contributed by atoms with Crippen LogP contribution in [0.5, 0.6) is 0 Å². The van der Waals surface area contributed by atoms with Crippen molar-refractivity contribution in [2.75, 3.05) is 0 Å². The van der Waals surface area contributed by atoms with Gasteiger partial charge in [0.15, 0.2) is 0 Å². The highest BCUT2D eigenvalue weighted by Crippen LogP contribution is 2.33. The average Bonchev–Trinajstić information content (AvgIpc) is 2.40. The Morgan fingerprint density at radius 2 is 2.11 bits per heavy atom. The zero-order valence-corrected chi connectivity index (χ0v) is 12.3. The Labute approximate surface area is 121 Å². The van der Waals surface area contributed by atoms with E-state index in [0.29, 0.717) is 6.42 Å². The van der Waals surface area contributed by atoms with Crippen LogP contribution in [0.2, 0.25) is 0 Å². The molecule has 1 unspecified atom stereocenters. The van der Waals surface area contributed by atoms with E-state index in [1.165, 1.54) is 0 Å². The van der Waals surface area contributed by atoms with Crippen molar-refractivity contribution in [3.05, 3.63) is 63.5 Å². The fourth-order valence-electron chi connectivity index (χ4n) is 2.06. The van der Waals surface area contributed by atoms with Crippen molar-refractivity contribution in [1.29, 1.82) is 0 Å². The van der Waals surface area contributed by atoms with E-state index in [9.17, 15) is 4.79 Å². The van der Waals surface area contributed by atoms with Gasteiger partial charge in [0.25, 0.3) is 0 Å². The summed E-state index contributed by atoms with van der Waals surface area (Å²) in [6.45, 7) is 2.06. The van der Waals surface area contributed by atoms with Gasteiger partial charge in [0.1, 0.15) is 6.29 Å². The molecule has 1 atom stereocenters. The molecule has 0 amide bonds. The number of rotatable bonds is 4. The Bertz CT molecular complexity index is 541. The Morgan fingerprint density at radius 1 is 1.28 bits per heavy atom. The fraction of sp³-hybridized carbons (Fsp3) is 0.200. The van der Waals surface area contributed by atoms with E-state index in [0.717, 1.165) is 21.1 Å². The summed E-state index contributed by atoms with van der Waals surface area (Å²) < 4.78 is 1.16. The summed E-state index contributed by atoms with van der Waals surface area (Å²) in [6, 6.07) is 14.0. The number of benzene rings is 1. The first-order valence-electron chi connectivity index (χ1n) is 5.78. The maximum absolute atomic E-state index is 11.0. The number of nitrogens with zero attached hydrogens (tertiary/aromatic N) is 1. The SMILES string of the molecule is CC(CC=O)(c1cccc(I)c1)c1ccccn1. The van der Waals surface area contributed by atoms with Crippen molar-refractivity contribution in [2.45, 2.75) is 18.8 Å². The molecule has 3 heteroatoms. The largest absolute Gasteiger partial charge is 0.303 e. The molecular weight excluding hydrogens is 337 g/mol. The molecule has 92 valence electrons. The van der Waals surface area contributed by atoms with E-state index in [4.69, 9.17) is 0 Å². The molecule has 2 aromatic rings. The smallest absolute Gasteiger partial charge is 0.121 e. The maximum Gasteiger partial charge on any atom is 0.121 e. The lowest BCUT2D eigenvalue weighted by Gasteiger charge is -2.27. The second kappa shape index (κ2) is 5.61. The van der Waals surface area contributed by atoms with E-state index in [1.54, 1.807) is 6.20 Å². The summed E-state index contributed by atoms with van der Waals surface area (Å²) in [5, 5.41) is 0. The molecule has 1 heterocycles. The predicted molar refractivity (Wildman–Crippen MR) is 80.5 cm³/mol. The molecule has 0 fully saturated rings. The van der Waals surface area contributed by atoms with Crippen molar-refractivity contribution in [2.24, 2.45) is 0 Å². The van der Waals surface area contributed by atoms with Crippen LogP contribution in [0.25, 0.3) is 0 Å². The van der Waals surface area contributed by atoms with Crippen molar-refractivity contribution in [3.8, 4) is 0 Å². The van der Waals surface area contributed by atoms with Gasteiger partial charge in [-0.15, -0.1) is 0 Å². The molecule has 1 aromatic heterocycles. The summed E-state index contributed by atoms with van der Waals surface area (Å²) in [4.78, 5) is 15.4. The number of carbonyl (C=O) groups is 1. The van der Waals surface area contributed by atoms with E-state index >= 15 is 0 Å². The van der Waals surface area contributed by atoms with Crippen LogP contribution in [0.4, 0.5) is 0 Å². The van der Waals surface area contributed by atoms with E-state index in [2.05, 4.69) is 46.6 Å². The molecule has 0 aliphatic heterocycles. The molecule has 0 saturated heterocycles. The van der Waals surface area contributed by atoms with Gasteiger partial charge in [0, 0.05) is 21.6 Å². The number of carbonyl (C=O) groups excluding carboxylic acids is 1. The highest BCUT2D eigenvalue weighted by atomic mass is 127. The Morgan fingerprint density at radius 3 is 2.72 bits per heavy atom. The quantitative estimate of drug-likeness (QED) is 0.623. The molecule has 0 aliphatic rings. The summed E-state index contributed by atoms with van der Waals surface area (Å²) in [7, 11) is 0. The molecular formula is C15H14INO. The van der Waals surface area contributed by atoms with Gasteiger partial charge in [0.2, 0.25) is 0 Å². The molecule has 2 rings (SSSR count). The highest BCUT2D eigenvalue weighted by Gasteiger charge is 2.29. The lowest BCUT2D eigenvalue weighted by molar-refractivity contribution is -0.108. The van der Waals surface area contributed by atoms with Crippen LogP contribution in [0.15, 0.2) is 48.7 Å². The number of halogens is 1. The molecule has 0 saturated carbocycles. The van der Waals surface area contributed by atoms with Gasteiger partial charge in [-0.1, -0.05) is 18.2 Å². The van der Waals surface area contributed by atoms with Gasteiger partial charge in [-0.2, -0.15) is 0 Å². The average molecular weight is 351 g/mol. The molecule has 2 nitrogen and oxygen atoms in total. The van der Waals surface area contributed by atoms with Crippen molar-refractivity contribution in [1.82, 2.24) is 4.98 Å². The second-order valence-corrected chi connectivity index (χ2v) is 5.67. The van der Waals surface area contributed by atoms with Crippen LogP contribution in [0, 0.1) is 3.57 Å². The third-order valence-corrected chi connectivity index (χ3v) is 3.85. The number of pyridine rings is 1. The molecule has 18 heavy (non-hydrogen) atoms. The van der Waals surface area contributed by atoms with Crippen LogP contribution >= 0.6 is 22.6 Å². The number of aldehydes is 1. The summed E-state index contributed by atoms with van der Waals surface area (Å²) >= 11 is 2.28. The molecule has 0 radical (unpaired) electrons. The summed E-state index contributed by atoms with van der Waals surface area (Å²) in [5.41, 5.74) is 1.70. The van der Waals surface area contributed by atoms with Crippen molar-refractivity contribution < 1.29 is 4.79 Å². The third kappa shape index (κ3) is 2.61. The third-order valence-electron chi connectivity index (χ3n) is 3.18. The minimum absolute atomic E-state index is 0.357. The number of hydrogen-bond donors (Lipinski definition) is 0. The van der Waals surface area contributed by atoms with Gasteiger partial charge >= 0.3 is 0 Å². The predicted octanol–water partition coefficient (Wildman–Crippen LogP) is 3.58. The number of hydrogen-bond acceptors (Lipinski definition) is 2. The highest BCUT2D eigenvalue weighted by molar-refractivity contribution is 14.1. The Kier molecular flexibility index (Phi) is 4.11. The first-order valence-corrected chi connectivity index (χ1v) is 6.86. The molecule has 0 aliphatic carbocycles. The van der Waals surface area contributed by atoms with E-state index in [1.807, 2.05) is 30.3 Å². The standard InChI is InChI=1S/C15H14INO/c1-15(8-10-18,14-7-2-3-9-17-14)12-5-4-6-13(16)11-12/h2-7,9-11H,8H2,1H3. The Balaban J connectivity index is 2.54. The summed E-state index contributed by atoms with van der Waals surface area (Å²) in [6.07, 6.45) is 3.17. The van der Waals surface area contributed by atoms with Crippen LogP contribution in [0.1, 0.15) is 24.6 Å². The first kappa shape index (κ1) is 13.2. The molecule has 1 aromatic carbocycles. The Hall–Kier alpha value is -1.23.